The number of urea groups is 1. The molecule has 26 heavy (non-hydrogen) atoms. The van der Waals surface area contributed by atoms with Crippen LogP contribution in [0.5, 0.6) is 0 Å². The van der Waals surface area contributed by atoms with Crippen molar-refractivity contribution in [1.82, 2.24) is 25.5 Å². The molecule has 0 bridgehead atoms. The Hall–Kier alpha value is -2.48. The smallest absolute Gasteiger partial charge is 0.319 e. The summed E-state index contributed by atoms with van der Waals surface area (Å²) in [4.78, 5) is 12.1. The topological polar surface area (TPSA) is 94.0 Å². The van der Waals surface area contributed by atoms with Gasteiger partial charge in [0, 0.05) is 12.2 Å². The van der Waals surface area contributed by atoms with E-state index in [1.165, 1.54) is 19.3 Å². The maximum absolute atomic E-state index is 12.1. The Morgan fingerprint density at radius 3 is 2.96 bits per heavy atom. The molecular formula is C18H26N6O2. The standard InChI is InChI=1S/C18H26N6O2/c1-13-6-3-4-9-17(13)26-11-10-19-18(25)20-15-7-5-8-16(12-15)24-14(2)21-22-23-24/h5,7-8,12-13,17H,3-4,6,9-11H2,1-2H3,(H2,19,20,25)/t13-,17+/m1/s1. The number of amides is 2. The Morgan fingerprint density at radius 2 is 2.19 bits per heavy atom. The summed E-state index contributed by atoms with van der Waals surface area (Å²) in [5.74, 6) is 1.29. The van der Waals surface area contributed by atoms with Gasteiger partial charge in [0.25, 0.3) is 0 Å². The third kappa shape index (κ3) is 4.78. The van der Waals surface area contributed by atoms with Gasteiger partial charge in [-0.05, 0) is 54.3 Å². The van der Waals surface area contributed by atoms with Gasteiger partial charge in [-0.3, -0.25) is 0 Å². The van der Waals surface area contributed by atoms with Gasteiger partial charge >= 0.3 is 6.03 Å². The van der Waals surface area contributed by atoms with Gasteiger partial charge in [0.1, 0.15) is 0 Å². The van der Waals surface area contributed by atoms with Crippen molar-refractivity contribution in [2.45, 2.75) is 45.6 Å². The first-order valence-electron chi connectivity index (χ1n) is 9.15. The van der Waals surface area contributed by atoms with Gasteiger partial charge in [-0.25, -0.2) is 4.79 Å². The predicted molar refractivity (Wildman–Crippen MR) is 98.3 cm³/mol. The highest BCUT2D eigenvalue weighted by Gasteiger charge is 2.21. The van der Waals surface area contributed by atoms with Crippen LogP contribution in [-0.2, 0) is 4.74 Å². The van der Waals surface area contributed by atoms with E-state index in [0.717, 1.165) is 12.1 Å². The van der Waals surface area contributed by atoms with E-state index < -0.39 is 0 Å². The highest BCUT2D eigenvalue weighted by molar-refractivity contribution is 5.89. The van der Waals surface area contributed by atoms with E-state index in [1.54, 1.807) is 4.68 Å². The fraction of sp³-hybridized carbons (Fsp3) is 0.556. The molecular weight excluding hydrogens is 332 g/mol. The molecule has 2 N–H and O–H groups in total. The molecule has 1 aromatic carbocycles. The molecule has 2 aromatic rings. The first kappa shape index (κ1) is 18.3. The number of anilines is 1. The zero-order chi connectivity index (χ0) is 18.4. The number of aryl methyl sites for hydroxylation is 1. The van der Waals surface area contributed by atoms with Crippen LogP contribution in [-0.4, -0.2) is 45.5 Å². The molecule has 1 aliphatic rings. The molecule has 1 fully saturated rings. The Morgan fingerprint density at radius 1 is 1.35 bits per heavy atom. The molecule has 0 aliphatic heterocycles. The fourth-order valence-electron chi connectivity index (χ4n) is 3.27. The summed E-state index contributed by atoms with van der Waals surface area (Å²) < 4.78 is 7.52. The van der Waals surface area contributed by atoms with E-state index >= 15 is 0 Å². The zero-order valence-corrected chi connectivity index (χ0v) is 15.3. The molecule has 3 rings (SSSR count). The van der Waals surface area contributed by atoms with Crippen LogP contribution in [0.1, 0.15) is 38.4 Å². The second-order valence-corrected chi connectivity index (χ2v) is 6.74. The summed E-state index contributed by atoms with van der Waals surface area (Å²) in [7, 11) is 0. The molecule has 1 aromatic heterocycles. The van der Waals surface area contributed by atoms with Crippen molar-refractivity contribution < 1.29 is 9.53 Å². The van der Waals surface area contributed by atoms with Gasteiger partial charge in [0.05, 0.1) is 18.4 Å². The molecule has 0 radical (unpaired) electrons. The van der Waals surface area contributed by atoms with Gasteiger partial charge in [0.2, 0.25) is 0 Å². The van der Waals surface area contributed by atoms with Gasteiger partial charge < -0.3 is 15.4 Å². The summed E-state index contributed by atoms with van der Waals surface area (Å²) in [6, 6.07) is 7.12. The number of hydrogen-bond acceptors (Lipinski definition) is 5. The number of aromatic nitrogens is 4. The molecule has 1 aliphatic carbocycles. The van der Waals surface area contributed by atoms with Crippen molar-refractivity contribution in [3.05, 3.63) is 30.1 Å². The monoisotopic (exact) mass is 358 g/mol. The second kappa shape index (κ2) is 8.75. The van der Waals surface area contributed by atoms with Gasteiger partial charge in [-0.15, -0.1) is 5.10 Å². The van der Waals surface area contributed by atoms with Crippen molar-refractivity contribution in [1.29, 1.82) is 0 Å². The molecule has 8 heteroatoms. The van der Waals surface area contributed by atoms with E-state index in [-0.39, 0.29) is 6.03 Å². The Bertz CT molecular complexity index is 732. The highest BCUT2D eigenvalue weighted by Crippen LogP contribution is 2.26. The lowest BCUT2D eigenvalue weighted by molar-refractivity contribution is -0.00232. The molecule has 0 spiro atoms. The Kier molecular flexibility index (Phi) is 6.17. The molecule has 1 heterocycles. The van der Waals surface area contributed by atoms with Crippen LogP contribution in [0, 0.1) is 12.8 Å². The number of carbonyl (C=O) groups is 1. The molecule has 1 saturated carbocycles. The minimum atomic E-state index is -0.254. The normalized spacial score (nSPS) is 19.9. The summed E-state index contributed by atoms with van der Waals surface area (Å²) >= 11 is 0. The number of tetrazole rings is 1. The summed E-state index contributed by atoms with van der Waals surface area (Å²) in [6.07, 6.45) is 5.21. The number of benzene rings is 1. The van der Waals surface area contributed by atoms with E-state index in [2.05, 4.69) is 33.1 Å². The van der Waals surface area contributed by atoms with E-state index in [1.807, 2.05) is 31.2 Å². The van der Waals surface area contributed by atoms with E-state index in [9.17, 15) is 4.79 Å². The zero-order valence-electron chi connectivity index (χ0n) is 15.3. The number of ether oxygens (including phenoxy) is 1. The predicted octanol–water partition coefficient (Wildman–Crippen LogP) is 2.69. The third-order valence-electron chi connectivity index (χ3n) is 4.73. The maximum Gasteiger partial charge on any atom is 0.319 e. The minimum Gasteiger partial charge on any atom is -0.376 e. The van der Waals surface area contributed by atoms with Crippen molar-refractivity contribution in [3.63, 3.8) is 0 Å². The van der Waals surface area contributed by atoms with Crippen molar-refractivity contribution in [3.8, 4) is 5.69 Å². The molecule has 2 amide bonds. The first-order valence-corrected chi connectivity index (χ1v) is 9.15. The highest BCUT2D eigenvalue weighted by atomic mass is 16.5. The largest absolute Gasteiger partial charge is 0.376 e. The number of nitrogens with one attached hydrogen (secondary N) is 2. The van der Waals surface area contributed by atoms with Crippen molar-refractivity contribution >= 4 is 11.7 Å². The molecule has 0 saturated heterocycles. The summed E-state index contributed by atoms with van der Waals surface area (Å²) in [5, 5.41) is 17.1. The maximum atomic E-state index is 12.1. The van der Waals surface area contributed by atoms with E-state index in [4.69, 9.17) is 4.74 Å². The van der Waals surface area contributed by atoms with Crippen LogP contribution in [0.2, 0.25) is 0 Å². The molecule has 0 unspecified atom stereocenters. The number of carbonyl (C=O) groups excluding carboxylic acids is 1. The summed E-state index contributed by atoms with van der Waals surface area (Å²) in [5.41, 5.74) is 1.47. The number of nitrogens with zero attached hydrogens (tertiary/aromatic N) is 4. The first-order chi connectivity index (χ1) is 12.6. The van der Waals surface area contributed by atoms with Gasteiger partial charge in [-0.1, -0.05) is 25.8 Å². The minimum absolute atomic E-state index is 0.254. The SMILES string of the molecule is Cc1nnnn1-c1cccc(NC(=O)NCCO[C@H]2CCCC[C@H]2C)c1. The van der Waals surface area contributed by atoms with E-state index in [0.29, 0.717) is 36.7 Å². The Labute approximate surface area is 153 Å². The van der Waals surface area contributed by atoms with Crippen LogP contribution in [0.3, 0.4) is 0 Å². The average molecular weight is 358 g/mol. The van der Waals surface area contributed by atoms with Crippen molar-refractivity contribution in [2.24, 2.45) is 5.92 Å². The Balaban J connectivity index is 1.44. The third-order valence-corrected chi connectivity index (χ3v) is 4.73. The fourth-order valence-corrected chi connectivity index (χ4v) is 3.27. The lowest BCUT2D eigenvalue weighted by Crippen LogP contribution is -2.34. The van der Waals surface area contributed by atoms with Crippen LogP contribution >= 0.6 is 0 Å². The van der Waals surface area contributed by atoms with Crippen molar-refractivity contribution in [2.75, 3.05) is 18.5 Å². The quantitative estimate of drug-likeness (QED) is 0.774. The molecule has 2 atom stereocenters. The number of hydrogen-bond donors (Lipinski definition) is 2. The lowest BCUT2D eigenvalue weighted by Gasteiger charge is -2.28. The molecule has 8 nitrogen and oxygen atoms in total. The van der Waals surface area contributed by atoms with Gasteiger partial charge in [0.15, 0.2) is 5.82 Å². The van der Waals surface area contributed by atoms with Crippen LogP contribution in [0.15, 0.2) is 24.3 Å². The second-order valence-electron chi connectivity index (χ2n) is 6.74. The summed E-state index contributed by atoms with van der Waals surface area (Å²) in [6.45, 7) is 5.08. The van der Waals surface area contributed by atoms with Crippen LogP contribution < -0.4 is 10.6 Å². The average Bonchev–Trinajstić information content (AvgIpc) is 3.06. The van der Waals surface area contributed by atoms with Crippen LogP contribution in [0.25, 0.3) is 5.69 Å². The number of rotatable bonds is 6. The molecule has 140 valence electrons. The van der Waals surface area contributed by atoms with Crippen LogP contribution in [0.4, 0.5) is 10.5 Å². The van der Waals surface area contributed by atoms with Gasteiger partial charge in [-0.2, -0.15) is 4.68 Å². The lowest BCUT2D eigenvalue weighted by atomic mass is 9.88.